The molecule has 0 saturated carbocycles. The highest BCUT2D eigenvalue weighted by Crippen LogP contribution is 2.21. The third kappa shape index (κ3) is 10.5. The second kappa shape index (κ2) is 14.8. The van der Waals surface area contributed by atoms with Gasteiger partial charge in [-0.2, -0.15) is 9.13 Å². The molecular formula is C24H34I2N4O2+2. The van der Waals surface area contributed by atoms with Crippen LogP contribution in [0.2, 0.25) is 0 Å². The number of unbranched alkanes of at least 4 members (excludes halogenated alkanes) is 5. The Bertz CT molecular complexity index is 773. The van der Waals surface area contributed by atoms with Crippen molar-refractivity contribution >= 4 is 68.4 Å². The summed E-state index contributed by atoms with van der Waals surface area (Å²) in [6.45, 7) is 3.05. The van der Waals surface area contributed by atoms with E-state index in [-0.39, 0.29) is 11.8 Å². The average Bonchev–Trinajstić information content (AvgIpc) is 2.75. The normalized spacial score (nSPS) is 12.8. The van der Waals surface area contributed by atoms with Crippen LogP contribution < -0.4 is 19.8 Å². The first kappa shape index (κ1) is 26.9. The Morgan fingerprint density at radius 1 is 0.688 bits per heavy atom. The minimum atomic E-state index is -0.0427. The SMILES string of the molecule is CC(=O)Nc1cc[n+](C(I)CCCCCCCCC(I)[n+]2ccc(NC(C)=O)cc2)cc1. The second-order valence-electron chi connectivity index (χ2n) is 8.00. The van der Waals surface area contributed by atoms with Gasteiger partial charge in [-0.15, -0.1) is 0 Å². The van der Waals surface area contributed by atoms with E-state index in [1.807, 2.05) is 49.1 Å². The molecule has 0 aliphatic rings. The van der Waals surface area contributed by atoms with Crippen LogP contribution in [0, 0.1) is 0 Å². The zero-order valence-corrected chi connectivity index (χ0v) is 23.2. The number of aromatic nitrogens is 2. The fraction of sp³-hybridized carbons (Fsp3) is 0.500. The van der Waals surface area contributed by atoms with Crippen LogP contribution in [0.15, 0.2) is 49.1 Å². The van der Waals surface area contributed by atoms with Crippen molar-refractivity contribution in [1.82, 2.24) is 0 Å². The standard InChI is InChI=1S/C24H32I2N4O2/c1-19(31)27-21-11-15-29(16-12-21)23(25)9-7-5-3-4-6-8-10-24(26)30-17-13-22(14-18-30)28-20(2)32/h11-18,23-24H,3-10H2,1-2H3/p+2. The van der Waals surface area contributed by atoms with Gasteiger partial charge in [0.15, 0.2) is 24.8 Å². The predicted molar refractivity (Wildman–Crippen MR) is 145 cm³/mol. The number of nitrogens with one attached hydrogen (secondary N) is 2. The molecule has 2 N–H and O–H groups in total. The molecule has 2 atom stereocenters. The third-order valence-corrected chi connectivity index (χ3v) is 7.66. The van der Waals surface area contributed by atoms with Crippen LogP contribution in [0.3, 0.4) is 0 Å². The molecular weight excluding hydrogens is 630 g/mol. The molecule has 0 aliphatic carbocycles. The first-order chi connectivity index (χ1) is 15.3. The van der Waals surface area contributed by atoms with Gasteiger partial charge >= 0.3 is 0 Å². The van der Waals surface area contributed by atoms with Crippen LogP contribution in [-0.4, -0.2) is 11.8 Å². The molecule has 8 heteroatoms. The van der Waals surface area contributed by atoms with E-state index in [2.05, 4.69) is 64.9 Å². The Hall–Kier alpha value is -1.30. The van der Waals surface area contributed by atoms with Gasteiger partial charge in [0.05, 0.1) is 11.4 Å². The van der Waals surface area contributed by atoms with Gasteiger partial charge in [0.1, 0.15) is 0 Å². The number of rotatable bonds is 13. The highest BCUT2D eigenvalue weighted by Gasteiger charge is 2.15. The van der Waals surface area contributed by atoms with Gasteiger partial charge in [-0.05, 0) is 58.0 Å². The number of carbonyl (C=O) groups is 2. The maximum atomic E-state index is 11.1. The number of nitrogens with zero attached hydrogens (tertiary/aromatic N) is 2. The molecule has 2 heterocycles. The summed E-state index contributed by atoms with van der Waals surface area (Å²) >= 11 is 4.98. The summed E-state index contributed by atoms with van der Waals surface area (Å²) < 4.78 is 5.28. The van der Waals surface area contributed by atoms with Crippen LogP contribution in [0.25, 0.3) is 0 Å². The summed E-state index contributed by atoms with van der Waals surface area (Å²) in [5, 5.41) is 5.60. The fourth-order valence-corrected chi connectivity index (χ4v) is 5.08. The average molecular weight is 664 g/mol. The largest absolute Gasteiger partial charge is 0.326 e. The summed E-state index contributed by atoms with van der Waals surface area (Å²) in [4.78, 5) is 22.2. The molecule has 0 saturated heterocycles. The lowest BCUT2D eigenvalue weighted by Gasteiger charge is -2.08. The Kier molecular flexibility index (Phi) is 12.4. The Balaban J connectivity index is 1.54. The number of carbonyl (C=O) groups excluding carboxylic acids is 2. The van der Waals surface area contributed by atoms with Crippen molar-refractivity contribution in [2.24, 2.45) is 0 Å². The summed E-state index contributed by atoms with van der Waals surface area (Å²) in [6, 6.07) is 7.79. The van der Waals surface area contributed by atoms with Crippen molar-refractivity contribution in [3.8, 4) is 0 Å². The molecule has 6 nitrogen and oxygen atoms in total. The van der Waals surface area contributed by atoms with Crippen molar-refractivity contribution in [3.63, 3.8) is 0 Å². The third-order valence-electron chi connectivity index (χ3n) is 5.13. The zero-order valence-electron chi connectivity index (χ0n) is 18.9. The van der Waals surface area contributed by atoms with Crippen molar-refractivity contribution < 1.29 is 18.7 Å². The van der Waals surface area contributed by atoms with Crippen LogP contribution in [0.5, 0.6) is 0 Å². The van der Waals surface area contributed by atoms with Crippen LogP contribution in [0.1, 0.15) is 73.3 Å². The molecule has 2 rings (SSSR count). The Labute approximate surface area is 218 Å². The van der Waals surface area contributed by atoms with Crippen molar-refractivity contribution in [1.29, 1.82) is 0 Å². The quantitative estimate of drug-likeness (QED) is 0.122. The molecule has 2 unspecified atom stereocenters. The summed E-state index contributed by atoms with van der Waals surface area (Å²) in [5.74, 6) is -0.0854. The molecule has 2 aromatic heterocycles. The minimum absolute atomic E-state index is 0.0427. The van der Waals surface area contributed by atoms with Gasteiger partial charge < -0.3 is 10.6 Å². The first-order valence-corrected chi connectivity index (χ1v) is 13.7. The maximum absolute atomic E-state index is 11.1. The smallest absolute Gasteiger partial charge is 0.221 e. The molecule has 0 spiro atoms. The number of pyridine rings is 2. The summed E-state index contributed by atoms with van der Waals surface area (Å²) in [5.41, 5.74) is 1.68. The molecule has 0 radical (unpaired) electrons. The number of anilines is 2. The van der Waals surface area contributed by atoms with Gasteiger partial charge in [0.25, 0.3) is 0 Å². The van der Waals surface area contributed by atoms with E-state index in [1.54, 1.807) is 0 Å². The fourth-order valence-electron chi connectivity index (χ4n) is 3.45. The maximum Gasteiger partial charge on any atom is 0.221 e. The van der Waals surface area contributed by atoms with E-state index in [0.29, 0.717) is 8.10 Å². The Morgan fingerprint density at radius 3 is 1.31 bits per heavy atom. The van der Waals surface area contributed by atoms with Crippen molar-refractivity contribution in [2.45, 2.75) is 73.3 Å². The van der Waals surface area contributed by atoms with E-state index in [0.717, 1.165) is 24.2 Å². The van der Waals surface area contributed by atoms with E-state index < -0.39 is 0 Å². The highest BCUT2D eigenvalue weighted by atomic mass is 127. The summed E-state index contributed by atoms with van der Waals surface area (Å²) in [6.07, 6.45) is 18.1. The molecule has 0 bridgehead atoms. The predicted octanol–water partition coefficient (Wildman–Crippen LogP) is 5.87. The van der Waals surface area contributed by atoms with Crippen molar-refractivity contribution in [2.75, 3.05) is 10.6 Å². The monoisotopic (exact) mass is 664 g/mol. The topological polar surface area (TPSA) is 66.0 Å². The highest BCUT2D eigenvalue weighted by molar-refractivity contribution is 14.1. The zero-order chi connectivity index (χ0) is 23.3. The van der Waals surface area contributed by atoms with Gasteiger partial charge in [0, 0.05) is 51.0 Å². The second-order valence-corrected chi connectivity index (χ2v) is 10.9. The molecule has 2 aromatic rings. The van der Waals surface area contributed by atoms with Gasteiger partial charge in [-0.25, -0.2) is 0 Å². The lowest BCUT2D eigenvalue weighted by Crippen LogP contribution is -2.35. The molecule has 0 aliphatic heterocycles. The summed E-state index contributed by atoms with van der Waals surface area (Å²) in [7, 11) is 0. The van der Waals surface area contributed by atoms with E-state index >= 15 is 0 Å². The molecule has 0 aromatic carbocycles. The van der Waals surface area contributed by atoms with E-state index in [1.165, 1.54) is 52.4 Å². The lowest BCUT2D eigenvalue weighted by atomic mass is 10.1. The number of hydrogen-bond acceptors (Lipinski definition) is 2. The number of alkyl halides is 2. The molecule has 2 amide bonds. The van der Waals surface area contributed by atoms with E-state index in [4.69, 9.17) is 0 Å². The Morgan fingerprint density at radius 2 is 1.00 bits per heavy atom. The van der Waals surface area contributed by atoms with Crippen molar-refractivity contribution in [3.05, 3.63) is 49.1 Å². The first-order valence-electron chi connectivity index (χ1n) is 11.2. The number of amides is 2. The van der Waals surface area contributed by atoms with Gasteiger partial charge in [0.2, 0.25) is 19.9 Å². The minimum Gasteiger partial charge on any atom is -0.326 e. The number of halogens is 2. The molecule has 32 heavy (non-hydrogen) atoms. The van der Waals surface area contributed by atoms with Crippen LogP contribution in [-0.2, 0) is 9.59 Å². The number of hydrogen-bond donors (Lipinski definition) is 2. The molecule has 174 valence electrons. The van der Waals surface area contributed by atoms with Gasteiger partial charge in [-0.1, -0.05) is 25.7 Å². The van der Waals surface area contributed by atoms with Crippen LogP contribution >= 0.6 is 45.2 Å². The van der Waals surface area contributed by atoms with Gasteiger partial charge in [-0.3, -0.25) is 9.59 Å². The molecule has 0 fully saturated rings. The lowest BCUT2D eigenvalue weighted by molar-refractivity contribution is -0.694. The van der Waals surface area contributed by atoms with E-state index in [9.17, 15) is 9.59 Å². The van der Waals surface area contributed by atoms with Crippen LogP contribution in [0.4, 0.5) is 11.4 Å².